The van der Waals surface area contributed by atoms with Gasteiger partial charge in [0, 0.05) is 22.4 Å². The van der Waals surface area contributed by atoms with Crippen LogP contribution in [0.2, 0.25) is 0 Å². The molecule has 0 spiro atoms. The second kappa shape index (κ2) is 3.70. The number of hydrogen-bond donors (Lipinski definition) is 1. The molecular weight excluding hydrogens is 214 g/mol. The van der Waals surface area contributed by atoms with E-state index in [1.807, 2.05) is 30.3 Å². The topological polar surface area (TPSA) is 34.2 Å². The lowest BCUT2D eigenvalue weighted by Gasteiger charge is -2.00. The summed E-state index contributed by atoms with van der Waals surface area (Å²) < 4.78 is 10.5. The van der Waals surface area contributed by atoms with Crippen molar-refractivity contribution in [1.82, 2.24) is 4.98 Å². The van der Waals surface area contributed by atoms with E-state index in [1.165, 1.54) is 0 Å². The van der Waals surface area contributed by atoms with Gasteiger partial charge in [0.05, 0.1) is 19.7 Å². The summed E-state index contributed by atoms with van der Waals surface area (Å²) in [5, 5.41) is 2.22. The van der Waals surface area contributed by atoms with Crippen molar-refractivity contribution in [3.8, 4) is 11.5 Å². The summed E-state index contributed by atoms with van der Waals surface area (Å²) in [6, 6.07) is 13.0. The van der Waals surface area contributed by atoms with Crippen molar-refractivity contribution < 1.29 is 9.47 Å². The fourth-order valence-electron chi connectivity index (χ4n) is 2.03. The van der Waals surface area contributed by atoms with Gasteiger partial charge in [0.2, 0.25) is 0 Å². The van der Waals surface area contributed by atoms with Crippen LogP contribution >= 0.6 is 0 Å². The Labute approximate surface area is 99.0 Å². The number of fused-ring (bicyclic) bond motifs is 3. The molecule has 0 amide bonds. The molecule has 0 aliphatic carbocycles. The third-order valence-electron chi connectivity index (χ3n) is 2.93. The smallest absolute Gasteiger partial charge is 0.120 e. The van der Waals surface area contributed by atoms with Gasteiger partial charge in [-0.3, -0.25) is 0 Å². The predicted octanol–water partition coefficient (Wildman–Crippen LogP) is 3.14. The fourth-order valence-corrected chi connectivity index (χ4v) is 2.03. The Hall–Kier alpha value is -2.16. The maximum absolute atomic E-state index is 5.24. The molecule has 85 valence electrons. The van der Waals surface area contributed by atoms with Crippen LogP contribution < -0.4 is 9.47 Å². The molecule has 0 saturated heterocycles. The minimum absolute atomic E-state index is 0.807. The Morgan fingerprint density at radius 3 is 2.53 bits per heavy atom. The van der Waals surface area contributed by atoms with Crippen LogP contribution in [0, 0.1) is 6.07 Å². The molecule has 0 bridgehead atoms. The van der Waals surface area contributed by atoms with Crippen molar-refractivity contribution in [1.29, 1.82) is 0 Å². The number of nitrogens with one attached hydrogen (secondary N) is 1. The van der Waals surface area contributed by atoms with Crippen LogP contribution in [0.1, 0.15) is 0 Å². The Balaban J connectivity index is 2.37. The number of aromatic nitrogens is 1. The predicted molar refractivity (Wildman–Crippen MR) is 67.7 cm³/mol. The van der Waals surface area contributed by atoms with Gasteiger partial charge in [-0.05, 0) is 30.3 Å². The van der Waals surface area contributed by atoms with E-state index in [0.717, 1.165) is 33.3 Å². The molecule has 3 heteroatoms. The number of ether oxygens (including phenoxy) is 2. The molecule has 0 aliphatic heterocycles. The summed E-state index contributed by atoms with van der Waals surface area (Å²) in [6.45, 7) is 0. The molecule has 3 aromatic rings. The zero-order chi connectivity index (χ0) is 11.8. The van der Waals surface area contributed by atoms with Crippen LogP contribution in [0.15, 0.2) is 30.3 Å². The molecule has 1 heterocycles. The highest BCUT2D eigenvalue weighted by Gasteiger charge is 2.06. The van der Waals surface area contributed by atoms with E-state index in [9.17, 15) is 0 Å². The van der Waals surface area contributed by atoms with E-state index in [2.05, 4.69) is 11.1 Å². The van der Waals surface area contributed by atoms with Gasteiger partial charge in [-0.1, -0.05) is 0 Å². The normalized spacial score (nSPS) is 10.9. The van der Waals surface area contributed by atoms with Crippen LogP contribution in [-0.4, -0.2) is 19.2 Å². The zero-order valence-corrected chi connectivity index (χ0v) is 9.70. The summed E-state index contributed by atoms with van der Waals surface area (Å²) in [5.74, 6) is 1.66. The molecule has 1 aromatic heterocycles. The maximum Gasteiger partial charge on any atom is 0.120 e. The first-order chi connectivity index (χ1) is 8.31. The molecule has 2 aromatic carbocycles. The van der Waals surface area contributed by atoms with Crippen LogP contribution in [0.3, 0.4) is 0 Å². The molecule has 0 atom stereocenters. The number of rotatable bonds is 2. The van der Waals surface area contributed by atoms with E-state index in [-0.39, 0.29) is 0 Å². The van der Waals surface area contributed by atoms with E-state index < -0.39 is 0 Å². The minimum Gasteiger partial charge on any atom is -0.497 e. The third-order valence-corrected chi connectivity index (χ3v) is 2.93. The standard InChI is InChI=1S/C14H12NO2/c1-16-9-3-5-13-11(7-9)12-8-10(17-2)4-6-14(12)15-13/h3-5,7-8,15H,1-2H3. The summed E-state index contributed by atoms with van der Waals surface area (Å²) >= 11 is 0. The van der Waals surface area contributed by atoms with E-state index >= 15 is 0 Å². The fraction of sp³-hybridized carbons (Fsp3) is 0.143. The number of benzene rings is 2. The van der Waals surface area contributed by atoms with Gasteiger partial charge >= 0.3 is 0 Å². The molecule has 0 unspecified atom stereocenters. The second-order valence-corrected chi connectivity index (χ2v) is 3.86. The minimum atomic E-state index is 0.807. The van der Waals surface area contributed by atoms with Crippen molar-refractivity contribution in [3.05, 3.63) is 36.4 Å². The summed E-state index contributed by atoms with van der Waals surface area (Å²) in [7, 11) is 3.33. The van der Waals surface area contributed by atoms with Crippen LogP contribution in [0.4, 0.5) is 0 Å². The Morgan fingerprint density at radius 1 is 1.00 bits per heavy atom. The largest absolute Gasteiger partial charge is 0.497 e. The molecular formula is C14H12NO2. The van der Waals surface area contributed by atoms with E-state index in [1.54, 1.807) is 14.2 Å². The van der Waals surface area contributed by atoms with Gasteiger partial charge < -0.3 is 14.5 Å². The first kappa shape index (κ1) is 10.0. The van der Waals surface area contributed by atoms with Gasteiger partial charge in [0.15, 0.2) is 0 Å². The highest BCUT2D eigenvalue weighted by atomic mass is 16.5. The average Bonchev–Trinajstić information content (AvgIpc) is 2.75. The zero-order valence-electron chi connectivity index (χ0n) is 9.70. The molecule has 0 saturated carbocycles. The van der Waals surface area contributed by atoms with Crippen LogP contribution in [-0.2, 0) is 0 Å². The van der Waals surface area contributed by atoms with Crippen LogP contribution in [0.5, 0.6) is 11.5 Å². The lowest BCUT2D eigenvalue weighted by molar-refractivity contribution is 0.415. The lowest BCUT2D eigenvalue weighted by Crippen LogP contribution is -1.82. The number of methoxy groups -OCH3 is 2. The number of hydrogen-bond acceptors (Lipinski definition) is 2. The monoisotopic (exact) mass is 226 g/mol. The van der Waals surface area contributed by atoms with Crippen LogP contribution in [0.25, 0.3) is 21.8 Å². The molecule has 3 rings (SSSR count). The Kier molecular flexibility index (Phi) is 2.18. The van der Waals surface area contributed by atoms with E-state index in [0.29, 0.717) is 0 Å². The van der Waals surface area contributed by atoms with Gasteiger partial charge in [-0.2, -0.15) is 0 Å². The third kappa shape index (κ3) is 1.51. The van der Waals surface area contributed by atoms with Crippen molar-refractivity contribution in [3.63, 3.8) is 0 Å². The van der Waals surface area contributed by atoms with Crippen molar-refractivity contribution >= 4 is 21.8 Å². The first-order valence-corrected chi connectivity index (χ1v) is 5.37. The molecule has 0 aliphatic rings. The van der Waals surface area contributed by atoms with Gasteiger partial charge in [-0.25, -0.2) is 0 Å². The summed E-state index contributed by atoms with van der Waals surface area (Å²) in [6.07, 6.45) is 0. The Morgan fingerprint density at radius 2 is 1.76 bits per heavy atom. The van der Waals surface area contributed by atoms with Crippen molar-refractivity contribution in [2.45, 2.75) is 0 Å². The average molecular weight is 226 g/mol. The number of aromatic amines is 1. The Bertz CT molecular complexity index is 627. The maximum atomic E-state index is 5.24. The highest BCUT2D eigenvalue weighted by molar-refractivity contribution is 6.07. The molecule has 1 N–H and O–H groups in total. The van der Waals surface area contributed by atoms with E-state index in [4.69, 9.17) is 9.47 Å². The number of H-pyrrole nitrogens is 1. The molecule has 17 heavy (non-hydrogen) atoms. The van der Waals surface area contributed by atoms with Gasteiger partial charge in [-0.15, -0.1) is 0 Å². The highest BCUT2D eigenvalue weighted by Crippen LogP contribution is 2.30. The van der Waals surface area contributed by atoms with Gasteiger partial charge in [0.25, 0.3) is 0 Å². The summed E-state index contributed by atoms with van der Waals surface area (Å²) in [4.78, 5) is 3.31. The van der Waals surface area contributed by atoms with Crippen molar-refractivity contribution in [2.75, 3.05) is 14.2 Å². The molecule has 3 nitrogen and oxygen atoms in total. The molecule has 0 fully saturated rings. The summed E-state index contributed by atoms with van der Waals surface area (Å²) in [5.41, 5.74) is 2.05. The first-order valence-electron chi connectivity index (χ1n) is 5.37. The molecule has 1 radical (unpaired) electrons. The quantitative estimate of drug-likeness (QED) is 0.728. The van der Waals surface area contributed by atoms with Gasteiger partial charge in [0.1, 0.15) is 11.5 Å². The second-order valence-electron chi connectivity index (χ2n) is 3.86. The SMILES string of the molecule is COc1c[c]c2[nH]c3ccc(OC)cc3c2c1. The lowest BCUT2D eigenvalue weighted by atomic mass is 10.1. The van der Waals surface area contributed by atoms with Crippen molar-refractivity contribution in [2.24, 2.45) is 0 Å².